The van der Waals surface area contributed by atoms with Crippen LogP contribution in [0.4, 0.5) is 0 Å². The van der Waals surface area contributed by atoms with Crippen LogP contribution in [0.5, 0.6) is 0 Å². The van der Waals surface area contributed by atoms with E-state index in [0.29, 0.717) is 17.6 Å². The molecule has 1 aliphatic heterocycles. The highest BCUT2D eigenvalue weighted by molar-refractivity contribution is 6.28. The molecule has 0 radical (unpaired) electrons. The van der Waals surface area contributed by atoms with Crippen molar-refractivity contribution < 1.29 is 9.15 Å². The highest BCUT2D eigenvalue weighted by Gasteiger charge is 2.24. The first-order valence-electron chi connectivity index (χ1n) is 6.99. The summed E-state index contributed by atoms with van der Waals surface area (Å²) in [6.45, 7) is 1.49. The zero-order valence-corrected chi connectivity index (χ0v) is 12.1. The standard InChI is InChI=1S/C15H14ClN3O2/c16-13-6-5-12(21-13)15-18-11-4-1-7-17-14(11)19(15)10-3-2-8-20-9-10/h1,4-7,10H,2-3,8-9H2. The highest BCUT2D eigenvalue weighted by atomic mass is 35.5. The predicted octanol–water partition coefficient (Wildman–Crippen LogP) is 3.70. The molecule has 0 saturated carbocycles. The fraction of sp³-hybridized carbons (Fsp3) is 0.333. The second-order valence-corrected chi connectivity index (χ2v) is 5.50. The molecule has 0 aromatic carbocycles. The molecular weight excluding hydrogens is 290 g/mol. The van der Waals surface area contributed by atoms with Crippen LogP contribution in [0.2, 0.25) is 5.22 Å². The largest absolute Gasteiger partial charge is 0.441 e. The van der Waals surface area contributed by atoms with Crippen molar-refractivity contribution in [1.29, 1.82) is 0 Å². The highest BCUT2D eigenvalue weighted by Crippen LogP contribution is 2.32. The molecule has 1 unspecified atom stereocenters. The van der Waals surface area contributed by atoms with E-state index in [1.165, 1.54) is 0 Å². The predicted molar refractivity (Wildman–Crippen MR) is 79.3 cm³/mol. The molecule has 3 aromatic rings. The molecule has 6 heteroatoms. The van der Waals surface area contributed by atoms with E-state index in [4.69, 9.17) is 20.8 Å². The van der Waals surface area contributed by atoms with Crippen LogP contribution < -0.4 is 0 Å². The number of aromatic nitrogens is 3. The van der Waals surface area contributed by atoms with Crippen LogP contribution in [0.15, 0.2) is 34.9 Å². The number of imidazole rings is 1. The van der Waals surface area contributed by atoms with Crippen LogP contribution in [0.1, 0.15) is 18.9 Å². The molecule has 5 nitrogen and oxygen atoms in total. The van der Waals surface area contributed by atoms with Gasteiger partial charge in [-0.1, -0.05) is 0 Å². The number of furan rings is 1. The number of rotatable bonds is 2. The number of nitrogens with zero attached hydrogens (tertiary/aromatic N) is 3. The van der Waals surface area contributed by atoms with Crippen molar-refractivity contribution in [2.24, 2.45) is 0 Å². The Kier molecular flexibility index (Phi) is 3.16. The van der Waals surface area contributed by atoms with Crippen LogP contribution >= 0.6 is 11.6 Å². The Balaban J connectivity index is 1.92. The van der Waals surface area contributed by atoms with Gasteiger partial charge in [-0.2, -0.15) is 0 Å². The smallest absolute Gasteiger partial charge is 0.194 e. The van der Waals surface area contributed by atoms with Gasteiger partial charge in [-0.15, -0.1) is 0 Å². The quantitative estimate of drug-likeness (QED) is 0.724. The van der Waals surface area contributed by atoms with E-state index >= 15 is 0 Å². The van der Waals surface area contributed by atoms with Gasteiger partial charge in [0.05, 0.1) is 12.6 Å². The van der Waals surface area contributed by atoms with E-state index in [1.54, 1.807) is 12.3 Å². The molecule has 4 rings (SSSR count). The van der Waals surface area contributed by atoms with Gasteiger partial charge in [-0.05, 0) is 48.7 Å². The Bertz CT molecular complexity index is 774. The van der Waals surface area contributed by atoms with Crippen molar-refractivity contribution >= 4 is 22.8 Å². The number of hydrogen-bond donors (Lipinski definition) is 0. The van der Waals surface area contributed by atoms with E-state index in [0.717, 1.165) is 36.4 Å². The minimum absolute atomic E-state index is 0.220. The molecule has 3 aromatic heterocycles. The lowest BCUT2D eigenvalue weighted by Gasteiger charge is -2.24. The Morgan fingerprint density at radius 1 is 1.29 bits per heavy atom. The van der Waals surface area contributed by atoms with Crippen molar-refractivity contribution in [3.8, 4) is 11.6 Å². The van der Waals surface area contributed by atoms with Crippen LogP contribution in [0.3, 0.4) is 0 Å². The maximum atomic E-state index is 5.90. The monoisotopic (exact) mass is 303 g/mol. The van der Waals surface area contributed by atoms with Gasteiger partial charge >= 0.3 is 0 Å². The molecule has 1 atom stereocenters. The van der Waals surface area contributed by atoms with Gasteiger partial charge in [0.15, 0.2) is 22.5 Å². The van der Waals surface area contributed by atoms with Gasteiger partial charge in [-0.25, -0.2) is 9.97 Å². The third-order valence-corrected chi connectivity index (χ3v) is 3.95. The molecule has 0 bridgehead atoms. The zero-order chi connectivity index (χ0) is 14.2. The molecular formula is C15H14ClN3O2. The first-order chi connectivity index (χ1) is 10.3. The summed E-state index contributed by atoms with van der Waals surface area (Å²) in [5, 5.41) is 0.358. The summed E-state index contributed by atoms with van der Waals surface area (Å²) >= 11 is 5.90. The van der Waals surface area contributed by atoms with E-state index in [2.05, 4.69) is 14.5 Å². The van der Waals surface area contributed by atoms with Gasteiger partial charge in [0.25, 0.3) is 0 Å². The first-order valence-corrected chi connectivity index (χ1v) is 7.37. The van der Waals surface area contributed by atoms with Crippen LogP contribution in [0.25, 0.3) is 22.7 Å². The summed E-state index contributed by atoms with van der Waals surface area (Å²) in [7, 11) is 0. The molecule has 0 N–H and O–H groups in total. The molecule has 0 aliphatic carbocycles. The molecule has 0 spiro atoms. The van der Waals surface area contributed by atoms with E-state index in [1.807, 2.05) is 18.2 Å². The van der Waals surface area contributed by atoms with Gasteiger partial charge in [-0.3, -0.25) is 0 Å². The zero-order valence-electron chi connectivity index (χ0n) is 11.3. The summed E-state index contributed by atoms with van der Waals surface area (Å²) in [5.41, 5.74) is 1.71. The number of fused-ring (bicyclic) bond motifs is 1. The lowest BCUT2D eigenvalue weighted by atomic mass is 10.1. The molecule has 21 heavy (non-hydrogen) atoms. The van der Waals surface area contributed by atoms with Crippen molar-refractivity contribution in [2.45, 2.75) is 18.9 Å². The van der Waals surface area contributed by atoms with E-state index < -0.39 is 0 Å². The minimum atomic E-state index is 0.220. The average molecular weight is 304 g/mol. The summed E-state index contributed by atoms with van der Waals surface area (Å²) in [6.07, 6.45) is 3.86. The number of hydrogen-bond acceptors (Lipinski definition) is 4. The van der Waals surface area contributed by atoms with Gasteiger partial charge in [0.2, 0.25) is 0 Å². The van der Waals surface area contributed by atoms with E-state index in [-0.39, 0.29) is 6.04 Å². The van der Waals surface area contributed by atoms with Crippen molar-refractivity contribution in [3.63, 3.8) is 0 Å². The van der Waals surface area contributed by atoms with Crippen LogP contribution in [0, 0.1) is 0 Å². The second kappa shape index (κ2) is 5.16. The van der Waals surface area contributed by atoms with Crippen molar-refractivity contribution in [1.82, 2.24) is 14.5 Å². The number of pyridine rings is 1. The maximum Gasteiger partial charge on any atom is 0.194 e. The number of ether oxygens (including phenoxy) is 1. The van der Waals surface area contributed by atoms with Crippen molar-refractivity contribution in [3.05, 3.63) is 35.7 Å². The molecule has 1 fully saturated rings. The van der Waals surface area contributed by atoms with E-state index in [9.17, 15) is 0 Å². The molecule has 4 heterocycles. The Morgan fingerprint density at radius 2 is 2.24 bits per heavy atom. The van der Waals surface area contributed by atoms with Gasteiger partial charge < -0.3 is 13.7 Å². The third-order valence-electron chi connectivity index (χ3n) is 3.74. The van der Waals surface area contributed by atoms with Crippen LogP contribution in [-0.2, 0) is 4.74 Å². The minimum Gasteiger partial charge on any atom is -0.441 e. The molecule has 1 saturated heterocycles. The second-order valence-electron chi connectivity index (χ2n) is 5.13. The summed E-state index contributed by atoms with van der Waals surface area (Å²) in [6, 6.07) is 7.62. The lowest BCUT2D eigenvalue weighted by Crippen LogP contribution is -2.22. The third kappa shape index (κ3) is 2.22. The Hall–Kier alpha value is -1.85. The summed E-state index contributed by atoms with van der Waals surface area (Å²) in [5.74, 6) is 1.41. The number of halogens is 1. The van der Waals surface area contributed by atoms with Gasteiger partial charge in [0, 0.05) is 12.8 Å². The normalized spacial score (nSPS) is 19.2. The van der Waals surface area contributed by atoms with Crippen LogP contribution in [-0.4, -0.2) is 27.7 Å². The fourth-order valence-electron chi connectivity index (χ4n) is 2.81. The Morgan fingerprint density at radius 3 is 3.00 bits per heavy atom. The fourth-order valence-corrected chi connectivity index (χ4v) is 2.96. The maximum absolute atomic E-state index is 5.90. The SMILES string of the molecule is Clc1ccc(-c2nc3cccnc3n2C2CCCOC2)o1. The molecule has 0 amide bonds. The first kappa shape index (κ1) is 12.9. The summed E-state index contributed by atoms with van der Waals surface area (Å²) < 4.78 is 13.3. The molecule has 108 valence electrons. The summed E-state index contributed by atoms with van der Waals surface area (Å²) in [4.78, 5) is 9.14. The molecule has 1 aliphatic rings. The average Bonchev–Trinajstić information content (AvgIpc) is 3.11. The Labute approximate surface area is 126 Å². The lowest BCUT2D eigenvalue weighted by molar-refractivity contribution is 0.0607. The van der Waals surface area contributed by atoms with Crippen molar-refractivity contribution in [2.75, 3.05) is 13.2 Å². The van der Waals surface area contributed by atoms with Gasteiger partial charge in [0.1, 0.15) is 5.52 Å². The topological polar surface area (TPSA) is 53.1 Å².